The van der Waals surface area contributed by atoms with Gasteiger partial charge in [0, 0.05) is 0 Å². The van der Waals surface area contributed by atoms with Crippen molar-refractivity contribution in [2.24, 2.45) is 0 Å². The smallest absolute Gasteiger partial charge is 0.328 e. The van der Waals surface area contributed by atoms with Gasteiger partial charge in [0.25, 0.3) is 11.8 Å². The monoisotopic (exact) mass is 416 g/mol. The number of hydrogen-bond acceptors (Lipinski definition) is 5. The van der Waals surface area contributed by atoms with Crippen LogP contribution in [-0.2, 0) is 9.59 Å². The highest BCUT2D eigenvalue weighted by atomic mass is 127. The number of carbonyl (C=O) groups is 3. The number of benzene rings is 1. The Morgan fingerprint density at radius 2 is 1.82 bits per heavy atom. The average molecular weight is 416 g/mol. The molecule has 2 N–H and O–H groups in total. The van der Waals surface area contributed by atoms with E-state index >= 15 is 0 Å². The SMILES string of the molecule is CCOc1c(I)cc(C=C2C(=O)NC(=O)NC2=O)cc1OC. The highest BCUT2D eigenvalue weighted by molar-refractivity contribution is 14.1. The number of nitrogens with one attached hydrogen (secondary N) is 2. The second-order valence-electron chi connectivity index (χ2n) is 4.26. The van der Waals surface area contributed by atoms with Gasteiger partial charge in [0.2, 0.25) is 0 Å². The molecule has 0 radical (unpaired) electrons. The molecule has 0 aliphatic carbocycles. The summed E-state index contributed by atoms with van der Waals surface area (Å²) in [6.07, 6.45) is 1.39. The van der Waals surface area contributed by atoms with Gasteiger partial charge in [0.15, 0.2) is 11.5 Å². The van der Waals surface area contributed by atoms with E-state index in [1.165, 1.54) is 13.2 Å². The number of urea groups is 1. The van der Waals surface area contributed by atoms with Crippen LogP contribution in [-0.4, -0.2) is 31.6 Å². The number of ether oxygens (including phenoxy) is 2. The Bertz CT molecular complexity index is 662. The van der Waals surface area contributed by atoms with E-state index in [0.29, 0.717) is 23.7 Å². The first-order valence-corrected chi connectivity index (χ1v) is 7.42. The number of hydrogen-bond donors (Lipinski definition) is 2. The Kier molecular flexibility index (Phi) is 5.01. The first kappa shape index (κ1) is 16.3. The summed E-state index contributed by atoms with van der Waals surface area (Å²) in [5.74, 6) is -0.387. The molecule has 1 aliphatic heterocycles. The summed E-state index contributed by atoms with van der Waals surface area (Å²) in [6, 6.07) is 2.57. The van der Waals surface area contributed by atoms with Gasteiger partial charge in [-0.2, -0.15) is 0 Å². The Hall–Kier alpha value is -2.10. The third kappa shape index (κ3) is 3.38. The van der Waals surface area contributed by atoms with Gasteiger partial charge in [0.1, 0.15) is 5.57 Å². The molecule has 1 aliphatic rings. The lowest BCUT2D eigenvalue weighted by Gasteiger charge is -2.15. The molecule has 4 amide bonds. The molecule has 0 aromatic heterocycles. The summed E-state index contributed by atoms with van der Waals surface area (Å²) >= 11 is 2.08. The minimum Gasteiger partial charge on any atom is -0.493 e. The van der Waals surface area contributed by atoms with Crippen molar-refractivity contribution in [1.29, 1.82) is 0 Å². The number of amides is 4. The largest absolute Gasteiger partial charge is 0.493 e. The molecule has 22 heavy (non-hydrogen) atoms. The van der Waals surface area contributed by atoms with Gasteiger partial charge >= 0.3 is 6.03 Å². The average Bonchev–Trinajstić information content (AvgIpc) is 2.45. The van der Waals surface area contributed by atoms with Gasteiger partial charge in [-0.05, 0) is 53.3 Å². The number of carbonyl (C=O) groups excluding carboxylic acids is 3. The predicted octanol–water partition coefficient (Wildman–Crippen LogP) is 1.45. The molecule has 1 aromatic carbocycles. The predicted molar refractivity (Wildman–Crippen MR) is 86.5 cm³/mol. The van der Waals surface area contributed by atoms with Crippen LogP contribution in [0.5, 0.6) is 11.5 Å². The fourth-order valence-corrected chi connectivity index (χ4v) is 2.66. The Morgan fingerprint density at radius 1 is 1.18 bits per heavy atom. The van der Waals surface area contributed by atoms with Crippen LogP contribution >= 0.6 is 22.6 Å². The fourth-order valence-electron chi connectivity index (χ4n) is 1.88. The molecule has 0 unspecified atom stereocenters. The van der Waals surface area contributed by atoms with E-state index in [4.69, 9.17) is 9.47 Å². The van der Waals surface area contributed by atoms with Crippen LogP contribution in [0.4, 0.5) is 4.79 Å². The number of barbiturate groups is 1. The van der Waals surface area contributed by atoms with Crippen LogP contribution in [0.25, 0.3) is 6.08 Å². The van der Waals surface area contributed by atoms with Crippen molar-refractivity contribution < 1.29 is 23.9 Å². The van der Waals surface area contributed by atoms with E-state index < -0.39 is 17.8 Å². The van der Waals surface area contributed by atoms with Crippen molar-refractivity contribution in [2.45, 2.75) is 6.92 Å². The summed E-state index contributed by atoms with van der Waals surface area (Å²) in [5, 5.41) is 4.04. The normalized spacial score (nSPS) is 14.3. The number of methoxy groups -OCH3 is 1. The van der Waals surface area contributed by atoms with Crippen LogP contribution in [0.15, 0.2) is 17.7 Å². The lowest BCUT2D eigenvalue weighted by molar-refractivity contribution is -0.123. The van der Waals surface area contributed by atoms with Gasteiger partial charge < -0.3 is 9.47 Å². The molecular weight excluding hydrogens is 403 g/mol. The lowest BCUT2D eigenvalue weighted by atomic mass is 10.1. The topological polar surface area (TPSA) is 93.7 Å². The zero-order chi connectivity index (χ0) is 16.3. The number of rotatable bonds is 4. The number of halogens is 1. The maximum absolute atomic E-state index is 11.7. The van der Waals surface area contributed by atoms with Crippen molar-refractivity contribution in [2.75, 3.05) is 13.7 Å². The van der Waals surface area contributed by atoms with Crippen LogP contribution in [0.2, 0.25) is 0 Å². The van der Waals surface area contributed by atoms with E-state index in [-0.39, 0.29) is 5.57 Å². The minimum atomic E-state index is -0.828. The molecule has 2 rings (SSSR count). The fraction of sp³-hybridized carbons (Fsp3) is 0.214. The molecule has 1 saturated heterocycles. The molecule has 1 fully saturated rings. The summed E-state index contributed by atoms with van der Waals surface area (Å²) in [7, 11) is 1.50. The molecule has 0 spiro atoms. The van der Waals surface area contributed by atoms with Gasteiger partial charge in [-0.15, -0.1) is 0 Å². The van der Waals surface area contributed by atoms with Gasteiger partial charge in [-0.3, -0.25) is 20.2 Å². The maximum atomic E-state index is 11.7. The second kappa shape index (κ2) is 6.77. The van der Waals surface area contributed by atoms with Crippen molar-refractivity contribution >= 4 is 46.5 Å². The molecule has 0 saturated carbocycles. The van der Waals surface area contributed by atoms with Crippen LogP contribution in [0.3, 0.4) is 0 Å². The molecule has 0 atom stereocenters. The minimum absolute atomic E-state index is 0.151. The third-order valence-electron chi connectivity index (χ3n) is 2.79. The zero-order valence-electron chi connectivity index (χ0n) is 11.9. The molecule has 116 valence electrons. The van der Waals surface area contributed by atoms with Gasteiger partial charge in [-0.25, -0.2) is 4.79 Å². The second-order valence-corrected chi connectivity index (χ2v) is 5.42. The van der Waals surface area contributed by atoms with Crippen molar-refractivity contribution in [3.8, 4) is 11.5 Å². The zero-order valence-corrected chi connectivity index (χ0v) is 14.0. The van der Waals surface area contributed by atoms with Crippen LogP contribution in [0, 0.1) is 3.57 Å². The third-order valence-corrected chi connectivity index (χ3v) is 3.60. The molecule has 1 aromatic rings. The first-order valence-electron chi connectivity index (χ1n) is 6.35. The standard InChI is InChI=1S/C14H13IN2O5/c1-3-22-11-9(15)5-7(6-10(11)21-2)4-8-12(18)16-14(20)17-13(8)19/h4-6H,3H2,1-2H3,(H2,16,17,18,19,20). The molecule has 0 bridgehead atoms. The Labute approximate surface area is 140 Å². The highest BCUT2D eigenvalue weighted by Gasteiger charge is 2.27. The van der Waals surface area contributed by atoms with E-state index in [1.807, 2.05) is 17.6 Å². The summed E-state index contributed by atoms with van der Waals surface area (Å²) in [4.78, 5) is 34.4. The summed E-state index contributed by atoms with van der Waals surface area (Å²) in [6.45, 7) is 2.35. The highest BCUT2D eigenvalue weighted by Crippen LogP contribution is 2.34. The Morgan fingerprint density at radius 3 is 2.36 bits per heavy atom. The van der Waals surface area contributed by atoms with Crippen molar-refractivity contribution in [3.63, 3.8) is 0 Å². The van der Waals surface area contributed by atoms with E-state index in [2.05, 4.69) is 22.6 Å². The molecule has 7 nitrogen and oxygen atoms in total. The number of imide groups is 2. The quantitative estimate of drug-likeness (QED) is 0.441. The van der Waals surface area contributed by atoms with Gasteiger partial charge in [0.05, 0.1) is 17.3 Å². The van der Waals surface area contributed by atoms with Crippen LogP contribution in [0.1, 0.15) is 12.5 Å². The van der Waals surface area contributed by atoms with Gasteiger partial charge in [-0.1, -0.05) is 0 Å². The van der Waals surface area contributed by atoms with Crippen LogP contribution < -0.4 is 20.1 Å². The summed E-state index contributed by atoms with van der Waals surface area (Å²) in [5.41, 5.74) is 0.431. The van der Waals surface area contributed by atoms with E-state index in [1.54, 1.807) is 12.1 Å². The summed E-state index contributed by atoms with van der Waals surface area (Å²) < 4.78 is 11.5. The molecule has 1 heterocycles. The Balaban J connectivity index is 2.43. The van der Waals surface area contributed by atoms with Crippen molar-refractivity contribution in [1.82, 2.24) is 10.6 Å². The first-order chi connectivity index (χ1) is 10.5. The lowest BCUT2D eigenvalue weighted by Crippen LogP contribution is -2.51. The van der Waals surface area contributed by atoms with E-state index in [0.717, 1.165) is 3.57 Å². The van der Waals surface area contributed by atoms with E-state index in [9.17, 15) is 14.4 Å². The van der Waals surface area contributed by atoms with Crippen molar-refractivity contribution in [3.05, 3.63) is 26.8 Å². The maximum Gasteiger partial charge on any atom is 0.328 e. The molecule has 8 heteroatoms. The molecular formula is C14H13IN2O5.